The summed E-state index contributed by atoms with van der Waals surface area (Å²) in [5, 5.41) is 6.88. The van der Waals surface area contributed by atoms with Crippen molar-refractivity contribution in [1.82, 2.24) is 0 Å². The zero-order valence-corrected chi connectivity index (χ0v) is 17.5. The van der Waals surface area contributed by atoms with Crippen LogP contribution < -0.4 is 29.0 Å². The number of hydrogen-bond acceptors (Lipinski definition) is 8. The predicted octanol–water partition coefficient (Wildman–Crippen LogP) is 2.86. The molecule has 2 aromatic carbocycles. The maximum Gasteiger partial charge on any atom is 0.268 e. The van der Waals surface area contributed by atoms with Gasteiger partial charge in [0.2, 0.25) is 11.9 Å². The summed E-state index contributed by atoms with van der Waals surface area (Å²) in [6.45, 7) is 0. The number of rotatable bonds is 8. The van der Waals surface area contributed by atoms with E-state index in [9.17, 15) is 4.79 Å². The van der Waals surface area contributed by atoms with Gasteiger partial charge in [-0.15, -0.1) is 0 Å². The van der Waals surface area contributed by atoms with Gasteiger partial charge < -0.3 is 33.8 Å². The van der Waals surface area contributed by atoms with E-state index in [0.717, 1.165) is 0 Å². The molecule has 30 heavy (non-hydrogen) atoms. The Kier molecular flexibility index (Phi) is 6.51. The van der Waals surface area contributed by atoms with E-state index >= 15 is 0 Å². The summed E-state index contributed by atoms with van der Waals surface area (Å²) in [5.41, 5.74) is 1.78. The topological polar surface area (TPSA) is 96.8 Å². The Morgan fingerprint density at radius 2 is 1.57 bits per heavy atom. The standard InChI is InChI=1S/C21H24N2O7/c1-25-15-8-6-7-13(19(15)28-4)14-11-18(30-23-14)21(24)22-12-9-16(26-2)20(29-5)17(10-12)27-3/h6-10,18H,11H2,1-5H3,(H,22,24)/t18-/m1/s1. The molecule has 9 nitrogen and oxygen atoms in total. The molecule has 1 aliphatic rings. The van der Waals surface area contributed by atoms with Crippen LogP contribution in [0.15, 0.2) is 35.5 Å². The monoisotopic (exact) mass is 416 g/mol. The highest BCUT2D eigenvalue weighted by Crippen LogP contribution is 2.40. The Bertz CT molecular complexity index is 933. The van der Waals surface area contributed by atoms with E-state index in [1.165, 1.54) is 21.3 Å². The lowest BCUT2D eigenvalue weighted by molar-refractivity contribution is -0.125. The number of nitrogens with one attached hydrogen (secondary N) is 1. The lowest BCUT2D eigenvalue weighted by atomic mass is 10.0. The summed E-state index contributed by atoms with van der Waals surface area (Å²) in [7, 11) is 7.63. The zero-order chi connectivity index (χ0) is 21.7. The van der Waals surface area contributed by atoms with Crippen molar-refractivity contribution in [3.8, 4) is 28.7 Å². The number of amides is 1. The summed E-state index contributed by atoms with van der Waals surface area (Å²) < 4.78 is 26.7. The van der Waals surface area contributed by atoms with Crippen LogP contribution in [0.1, 0.15) is 12.0 Å². The van der Waals surface area contributed by atoms with E-state index in [1.54, 1.807) is 32.4 Å². The third-order valence-electron chi connectivity index (χ3n) is 4.61. The molecule has 160 valence electrons. The molecule has 0 spiro atoms. The van der Waals surface area contributed by atoms with E-state index in [2.05, 4.69) is 10.5 Å². The average molecular weight is 416 g/mol. The SMILES string of the molecule is COc1cc(NC(=O)[C@H]2CC(c3cccc(OC)c3OC)=NO2)cc(OC)c1OC. The molecule has 0 bridgehead atoms. The zero-order valence-electron chi connectivity index (χ0n) is 17.5. The molecular weight excluding hydrogens is 392 g/mol. The van der Waals surface area contributed by atoms with Gasteiger partial charge in [0.25, 0.3) is 5.91 Å². The van der Waals surface area contributed by atoms with Gasteiger partial charge >= 0.3 is 0 Å². The molecule has 9 heteroatoms. The second-order valence-corrected chi connectivity index (χ2v) is 6.28. The molecule has 2 aromatic rings. The Hall–Kier alpha value is -3.62. The van der Waals surface area contributed by atoms with Gasteiger partial charge in [-0.05, 0) is 12.1 Å². The van der Waals surface area contributed by atoms with Crippen LogP contribution in [0.3, 0.4) is 0 Å². The highest BCUT2D eigenvalue weighted by Gasteiger charge is 2.31. The Balaban J connectivity index is 1.75. The molecule has 0 saturated heterocycles. The molecule has 1 N–H and O–H groups in total. The first-order valence-electron chi connectivity index (χ1n) is 9.11. The van der Waals surface area contributed by atoms with Gasteiger partial charge in [-0.3, -0.25) is 4.79 Å². The van der Waals surface area contributed by atoms with Crippen LogP contribution in [0.25, 0.3) is 0 Å². The third-order valence-corrected chi connectivity index (χ3v) is 4.61. The van der Waals surface area contributed by atoms with Crippen LogP contribution >= 0.6 is 0 Å². The minimum atomic E-state index is -0.796. The first-order chi connectivity index (χ1) is 14.6. The number of hydrogen-bond donors (Lipinski definition) is 1. The summed E-state index contributed by atoms with van der Waals surface area (Å²) in [6.07, 6.45) is -0.519. The maximum atomic E-state index is 12.7. The molecule has 1 heterocycles. The van der Waals surface area contributed by atoms with Crippen molar-refractivity contribution in [1.29, 1.82) is 0 Å². The molecule has 0 saturated carbocycles. The predicted molar refractivity (Wildman–Crippen MR) is 110 cm³/mol. The van der Waals surface area contributed by atoms with Crippen LogP contribution in [0.5, 0.6) is 28.7 Å². The molecule has 3 rings (SSSR count). The second kappa shape index (κ2) is 9.25. The first-order valence-corrected chi connectivity index (χ1v) is 9.11. The quantitative estimate of drug-likeness (QED) is 0.707. The largest absolute Gasteiger partial charge is 0.493 e. The molecule has 0 aliphatic carbocycles. The van der Waals surface area contributed by atoms with E-state index in [0.29, 0.717) is 45.7 Å². The molecule has 0 fully saturated rings. The molecule has 1 aliphatic heterocycles. The number of nitrogens with zero attached hydrogens (tertiary/aromatic N) is 1. The second-order valence-electron chi connectivity index (χ2n) is 6.28. The lowest BCUT2D eigenvalue weighted by Gasteiger charge is -2.15. The van der Waals surface area contributed by atoms with Crippen molar-refractivity contribution in [2.24, 2.45) is 5.16 Å². The van der Waals surface area contributed by atoms with Gasteiger partial charge in [0.1, 0.15) is 0 Å². The lowest BCUT2D eigenvalue weighted by Crippen LogP contribution is -2.28. The minimum Gasteiger partial charge on any atom is -0.493 e. The number of carbonyl (C=O) groups is 1. The van der Waals surface area contributed by atoms with Gasteiger partial charge in [-0.1, -0.05) is 11.2 Å². The van der Waals surface area contributed by atoms with Crippen molar-refractivity contribution in [2.45, 2.75) is 12.5 Å². The van der Waals surface area contributed by atoms with Crippen molar-refractivity contribution in [3.63, 3.8) is 0 Å². The summed E-state index contributed by atoms with van der Waals surface area (Å²) in [4.78, 5) is 18.1. The molecule has 0 unspecified atom stereocenters. The highest BCUT2D eigenvalue weighted by atomic mass is 16.6. The summed E-state index contributed by atoms with van der Waals surface area (Å²) in [5.74, 6) is 2.04. The smallest absolute Gasteiger partial charge is 0.268 e. The van der Waals surface area contributed by atoms with E-state index < -0.39 is 6.10 Å². The number of para-hydroxylation sites is 1. The van der Waals surface area contributed by atoms with Crippen LogP contribution in [0.2, 0.25) is 0 Å². The first kappa shape index (κ1) is 21.1. The highest BCUT2D eigenvalue weighted by molar-refractivity contribution is 6.08. The maximum absolute atomic E-state index is 12.7. The number of ether oxygens (including phenoxy) is 5. The van der Waals surface area contributed by atoms with Crippen molar-refractivity contribution in [3.05, 3.63) is 35.9 Å². The van der Waals surface area contributed by atoms with Gasteiger partial charge in [0.05, 0.1) is 41.3 Å². The number of anilines is 1. The van der Waals surface area contributed by atoms with Crippen LogP contribution in [-0.2, 0) is 9.63 Å². The summed E-state index contributed by atoms with van der Waals surface area (Å²) in [6, 6.07) is 8.72. The van der Waals surface area contributed by atoms with E-state index in [-0.39, 0.29) is 12.3 Å². The van der Waals surface area contributed by atoms with Gasteiger partial charge in [-0.2, -0.15) is 0 Å². The van der Waals surface area contributed by atoms with E-state index in [4.69, 9.17) is 28.5 Å². The number of carbonyl (C=O) groups excluding carboxylic acids is 1. The Morgan fingerprint density at radius 3 is 2.13 bits per heavy atom. The van der Waals surface area contributed by atoms with Gasteiger partial charge in [0, 0.05) is 29.8 Å². The summed E-state index contributed by atoms with van der Waals surface area (Å²) >= 11 is 0. The molecule has 0 radical (unpaired) electrons. The normalized spacial score (nSPS) is 15.0. The van der Waals surface area contributed by atoms with Crippen LogP contribution in [0, 0.1) is 0 Å². The van der Waals surface area contributed by atoms with Crippen LogP contribution in [0.4, 0.5) is 5.69 Å². The minimum absolute atomic E-state index is 0.278. The molecule has 1 atom stereocenters. The fourth-order valence-electron chi connectivity index (χ4n) is 3.17. The molecule has 1 amide bonds. The van der Waals surface area contributed by atoms with Crippen molar-refractivity contribution < 1.29 is 33.3 Å². The molecule has 0 aromatic heterocycles. The van der Waals surface area contributed by atoms with Crippen LogP contribution in [-0.4, -0.2) is 53.3 Å². The van der Waals surface area contributed by atoms with Crippen molar-refractivity contribution >= 4 is 17.3 Å². The number of methoxy groups -OCH3 is 5. The molecular formula is C21H24N2O7. The van der Waals surface area contributed by atoms with Gasteiger partial charge in [-0.25, -0.2) is 0 Å². The Morgan fingerprint density at radius 1 is 0.933 bits per heavy atom. The Labute approximate surface area is 174 Å². The number of benzene rings is 2. The fourth-order valence-corrected chi connectivity index (χ4v) is 3.17. The van der Waals surface area contributed by atoms with E-state index in [1.807, 2.05) is 12.1 Å². The fraction of sp³-hybridized carbons (Fsp3) is 0.333. The average Bonchev–Trinajstić information content (AvgIpc) is 3.27. The third kappa shape index (κ3) is 4.05. The number of oxime groups is 1. The van der Waals surface area contributed by atoms with Crippen molar-refractivity contribution in [2.75, 3.05) is 40.9 Å². The van der Waals surface area contributed by atoms with Gasteiger partial charge in [0.15, 0.2) is 23.0 Å².